The fourth-order valence-corrected chi connectivity index (χ4v) is 2.86. The van der Waals surface area contributed by atoms with Gasteiger partial charge < -0.3 is 19.9 Å². The van der Waals surface area contributed by atoms with Gasteiger partial charge in [-0.15, -0.1) is 0 Å². The number of nitrogens with one attached hydrogen (secondary N) is 1. The molecule has 1 heterocycles. The van der Waals surface area contributed by atoms with E-state index >= 15 is 0 Å². The summed E-state index contributed by atoms with van der Waals surface area (Å²) in [5.74, 6) is 0.685. The molecule has 0 bridgehead atoms. The third kappa shape index (κ3) is 5.84. The lowest BCUT2D eigenvalue weighted by Crippen LogP contribution is -2.46. The van der Waals surface area contributed by atoms with Crippen molar-refractivity contribution in [2.75, 3.05) is 52.9 Å². The monoisotopic (exact) mass is 319 g/mol. The first-order valence-electron chi connectivity index (χ1n) is 8.60. The molecule has 0 aliphatic carbocycles. The number of ether oxygens (including phenoxy) is 1. The number of rotatable bonds is 8. The number of piperazine rings is 1. The van der Waals surface area contributed by atoms with Crippen molar-refractivity contribution in [3.63, 3.8) is 0 Å². The van der Waals surface area contributed by atoms with E-state index in [2.05, 4.69) is 22.0 Å². The van der Waals surface area contributed by atoms with Gasteiger partial charge in [-0.3, -0.25) is 4.79 Å². The second-order valence-electron chi connectivity index (χ2n) is 5.97. The van der Waals surface area contributed by atoms with E-state index in [1.165, 1.54) is 26.2 Å². The van der Waals surface area contributed by atoms with Crippen molar-refractivity contribution in [3.8, 4) is 5.75 Å². The van der Waals surface area contributed by atoms with Crippen LogP contribution in [0.2, 0.25) is 0 Å². The molecule has 1 aliphatic rings. The van der Waals surface area contributed by atoms with Gasteiger partial charge in [0, 0.05) is 38.3 Å². The van der Waals surface area contributed by atoms with Crippen LogP contribution in [0.3, 0.4) is 0 Å². The van der Waals surface area contributed by atoms with E-state index in [0.717, 1.165) is 32.5 Å². The van der Waals surface area contributed by atoms with E-state index in [1.807, 2.05) is 18.2 Å². The summed E-state index contributed by atoms with van der Waals surface area (Å²) in [4.78, 5) is 17.1. The van der Waals surface area contributed by atoms with Gasteiger partial charge in [0.25, 0.3) is 5.91 Å². The summed E-state index contributed by atoms with van der Waals surface area (Å²) in [7, 11) is 1.61. The molecular formula is C18H29N3O2. The van der Waals surface area contributed by atoms with E-state index < -0.39 is 0 Å². The maximum atomic E-state index is 12.1. The molecule has 0 aromatic heterocycles. The quantitative estimate of drug-likeness (QED) is 0.743. The predicted octanol–water partition coefficient (Wildman–Crippen LogP) is 1.84. The molecule has 1 aromatic rings. The van der Waals surface area contributed by atoms with Gasteiger partial charge in [-0.2, -0.15) is 0 Å². The third-order valence-electron chi connectivity index (χ3n) is 4.43. The summed E-state index contributed by atoms with van der Waals surface area (Å²) in [5.41, 5.74) is 0.653. The second-order valence-corrected chi connectivity index (χ2v) is 5.97. The first kappa shape index (κ1) is 17.8. The topological polar surface area (TPSA) is 44.8 Å². The smallest absolute Gasteiger partial charge is 0.251 e. The largest absolute Gasteiger partial charge is 0.497 e. The van der Waals surface area contributed by atoms with Crippen molar-refractivity contribution in [2.24, 2.45) is 0 Å². The van der Waals surface area contributed by atoms with Crippen LogP contribution < -0.4 is 10.1 Å². The zero-order chi connectivity index (χ0) is 16.5. The summed E-state index contributed by atoms with van der Waals surface area (Å²) in [6.45, 7) is 9.95. The number of benzene rings is 1. The molecule has 0 saturated carbocycles. The number of hydrogen-bond acceptors (Lipinski definition) is 4. The number of hydrogen-bond donors (Lipinski definition) is 1. The Morgan fingerprint density at radius 1 is 1.17 bits per heavy atom. The van der Waals surface area contributed by atoms with Crippen molar-refractivity contribution in [1.29, 1.82) is 0 Å². The highest BCUT2D eigenvalue weighted by Gasteiger charge is 2.14. The number of likely N-dealkylation sites (N-methyl/N-ethyl adjacent to an activating group) is 1. The normalized spacial score (nSPS) is 16.3. The highest BCUT2D eigenvalue weighted by molar-refractivity contribution is 5.94. The van der Waals surface area contributed by atoms with Crippen molar-refractivity contribution < 1.29 is 9.53 Å². The number of nitrogens with zero attached hydrogens (tertiary/aromatic N) is 2. The first-order valence-corrected chi connectivity index (χ1v) is 8.60. The molecule has 1 aliphatic heterocycles. The zero-order valence-corrected chi connectivity index (χ0v) is 14.4. The Hall–Kier alpha value is -1.59. The fraction of sp³-hybridized carbons (Fsp3) is 0.611. The second kappa shape index (κ2) is 9.53. The van der Waals surface area contributed by atoms with Crippen molar-refractivity contribution in [1.82, 2.24) is 15.1 Å². The number of carbonyl (C=O) groups excluding carboxylic acids is 1. The van der Waals surface area contributed by atoms with Gasteiger partial charge in [0.05, 0.1) is 7.11 Å². The van der Waals surface area contributed by atoms with Gasteiger partial charge in [0.2, 0.25) is 0 Å². The molecule has 1 fully saturated rings. The lowest BCUT2D eigenvalue weighted by atomic mass is 10.2. The Morgan fingerprint density at radius 3 is 2.61 bits per heavy atom. The number of amides is 1. The molecular weight excluding hydrogens is 290 g/mol. The van der Waals surface area contributed by atoms with Gasteiger partial charge in [0.15, 0.2) is 0 Å². The Morgan fingerprint density at radius 2 is 1.91 bits per heavy atom. The number of unbranched alkanes of at least 4 members (excludes halogenated alkanes) is 1. The standard InChI is InChI=1S/C18H29N3O2/c1-3-20-11-13-21(14-12-20)10-5-4-9-19-18(22)16-7-6-8-17(15-16)23-2/h6-8,15H,3-5,9-14H2,1-2H3,(H,19,22). The molecule has 1 amide bonds. The van der Waals surface area contributed by atoms with Crippen molar-refractivity contribution >= 4 is 5.91 Å². The molecule has 5 heteroatoms. The summed E-state index contributed by atoms with van der Waals surface area (Å²) < 4.78 is 5.14. The maximum Gasteiger partial charge on any atom is 0.251 e. The van der Waals surface area contributed by atoms with E-state index in [-0.39, 0.29) is 5.91 Å². The summed E-state index contributed by atoms with van der Waals surface area (Å²) >= 11 is 0. The minimum atomic E-state index is -0.0274. The maximum absolute atomic E-state index is 12.1. The van der Waals surface area contributed by atoms with Gasteiger partial charge in [-0.05, 0) is 44.1 Å². The van der Waals surface area contributed by atoms with E-state index in [1.54, 1.807) is 13.2 Å². The highest BCUT2D eigenvalue weighted by Crippen LogP contribution is 2.12. The van der Waals surface area contributed by atoms with Gasteiger partial charge in [-0.1, -0.05) is 13.0 Å². The van der Waals surface area contributed by atoms with Crippen LogP contribution in [0.1, 0.15) is 30.1 Å². The predicted molar refractivity (Wildman–Crippen MR) is 93.1 cm³/mol. The molecule has 128 valence electrons. The number of methoxy groups -OCH3 is 1. The molecule has 1 aromatic carbocycles. The van der Waals surface area contributed by atoms with Crippen LogP contribution in [-0.2, 0) is 0 Å². The third-order valence-corrected chi connectivity index (χ3v) is 4.43. The molecule has 0 radical (unpaired) electrons. The first-order chi connectivity index (χ1) is 11.2. The lowest BCUT2D eigenvalue weighted by Gasteiger charge is -2.33. The lowest BCUT2D eigenvalue weighted by molar-refractivity contribution is 0.0951. The average Bonchev–Trinajstić information content (AvgIpc) is 2.61. The van der Waals surface area contributed by atoms with Crippen molar-refractivity contribution in [2.45, 2.75) is 19.8 Å². The highest BCUT2D eigenvalue weighted by atomic mass is 16.5. The van der Waals surface area contributed by atoms with Crippen molar-refractivity contribution in [3.05, 3.63) is 29.8 Å². The molecule has 5 nitrogen and oxygen atoms in total. The fourth-order valence-electron chi connectivity index (χ4n) is 2.86. The summed E-state index contributed by atoms with van der Waals surface area (Å²) in [6.07, 6.45) is 2.15. The molecule has 0 unspecified atom stereocenters. The van der Waals surface area contributed by atoms with Crippen LogP contribution in [0.5, 0.6) is 5.75 Å². The molecule has 23 heavy (non-hydrogen) atoms. The van der Waals surface area contributed by atoms with Crippen LogP contribution in [0.15, 0.2) is 24.3 Å². The summed E-state index contributed by atoms with van der Waals surface area (Å²) in [5, 5.41) is 2.98. The van der Waals surface area contributed by atoms with Crippen LogP contribution in [0, 0.1) is 0 Å². The minimum Gasteiger partial charge on any atom is -0.497 e. The Labute approximate surface area is 139 Å². The minimum absolute atomic E-state index is 0.0274. The zero-order valence-electron chi connectivity index (χ0n) is 14.4. The van der Waals surface area contributed by atoms with Gasteiger partial charge in [0.1, 0.15) is 5.75 Å². The van der Waals surface area contributed by atoms with Gasteiger partial charge in [-0.25, -0.2) is 0 Å². The average molecular weight is 319 g/mol. The van der Waals surface area contributed by atoms with Crippen LogP contribution in [0.25, 0.3) is 0 Å². The number of carbonyl (C=O) groups is 1. The van der Waals surface area contributed by atoms with Crippen LogP contribution in [0.4, 0.5) is 0 Å². The molecule has 0 atom stereocenters. The summed E-state index contributed by atoms with van der Waals surface area (Å²) in [6, 6.07) is 7.26. The van der Waals surface area contributed by atoms with E-state index in [0.29, 0.717) is 11.3 Å². The van der Waals surface area contributed by atoms with E-state index in [9.17, 15) is 4.79 Å². The Kier molecular flexibility index (Phi) is 7.36. The van der Waals surface area contributed by atoms with Crippen LogP contribution in [-0.4, -0.2) is 68.6 Å². The molecule has 1 saturated heterocycles. The molecule has 2 rings (SSSR count). The SMILES string of the molecule is CCN1CCN(CCCCNC(=O)c2cccc(OC)c2)CC1. The van der Waals surface area contributed by atoms with E-state index in [4.69, 9.17) is 4.74 Å². The Balaban J connectivity index is 1.59. The van der Waals surface area contributed by atoms with Gasteiger partial charge >= 0.3 is 0 Å². The Bertz CT molecular complexity index is 485. The van der Waals surface area contributed by atoms with Crippen LogP contribution >= 0.6 is 0 Å². The molecule has 0 spiro atoms. The molecule has 1 N–H and O–H groups in total.